The van der Waals surface area contributed by atoms with E-state index in [2.05, 4.69) is 5.32 Å². The minimum atomic E-state index is -3.12. The van der Waals surface area contributed by atoms with Crippen LogP contribution in [0.5, 0.6) is 0 Å². The molecule has 0 aromatic heterocycles. The Balaban J connectivity index is 2.04. The maximum atomic E-state index is 12.7. The van der Waals surface area contributed by atoms with Crippen LogP contribution in [0.2, 0.25) is 0 Å². The van der Waals surface area contributed by atoms with E-state index in [0.717, 1.165) is 64.8 Å². The van der Waals surface area contributed by atoms with E-state index in [1.165, 1.54) is 0 Å². The number of ether oxygens (including phenoxy) is 1. The molecule has 5 nitrogen and oxygen atoms in total. The molecular formula is C15H30N2O3S. The molecule has 2 aliphatic rings. The molecule has 0 amide bonds. The zero-order chi connectivity index (χ0) is 15.1. The smallest absolute Gasteiger partial charge is 0.214 e. The monoisotopic (exact) mass is 318 g/mol. The van der Waals surface area contributed by atoms with Gasteiger partial charge in [0.05, 0.1) is 5.75 Å². The predicted molar refractivity (Wildman–Crippen MR) is 84.8 cm³/mol. The molecular weight excluding hydrogens is 288 g/mol. The van der Waals surface area contributed by atoms with Crippen LogP contribution in [0, 0.1) is 5.92 Å². The van der Waals surface area contributed by atoms with Crippen LogP contribution in [-0.4, -0.2) is 57.4 Å². The first-order chi connectivity index (χ1) is 10.1. The van der Waals surface area contributed by atoms with Crippen LogP contribution in [0.3, 0.4) is 0 Å². The molecule has 2 rings (SSSR count). The highest BCUT2D eigenvalue weighted by atomic mass is 32.2. The summed E-state index contributed by atoms with van der Waals surface area (Å²) in [6.07, 6.45) is 5.55. The van der Waals surface area contributed by atoms with Crippen LogP contribution in [0.4, 0.5) is 0 Å². The fourth-order valence-electron chi connectivity index (χ4n) is 3.21. The predicted octanol–water partition coefficient (Wildman–Crippen LogP) is 1.60. The number of hydrogen-bond donors (Lipinski definition) is 1. The number of nitrogens with zero attached hydrogens (tertiary/aromatic N) is 1. The van der Waals surface area contributed by atoms with Gasteiger partial charge in [-0.3, -0.25) is 0 Å². The van der Waals surface area contributed by atoms with Crippen molar-refractivity contribution in [1.82, 2.24) is 9.62 Å². The molecule has 0 spiro atoms. The Bertz CT molecular complexity index is 388. The van der Waals surface area contributed by atoms with Crippen LogP contribution in [0.1, 0.15) is 45.4 Å². The highest BCUT2D eigenvalue weighted by Gasteiger charge is 2.32. The van der Waals surface area contributed by atoms with Crippen molar-refractivity contribution in [3.63, 3.8) is 0 Å². The summed E-state index contributed by atoms with van der Waals surface area (Å²) in [5, 5.41) is 3.33. The molecule has 2 saturated heterocycles. The van der Waals surface area contributed by atoms with Crippen LogP contribution >= 0.6 is 0 Å². The molecule has 2 heterocycles. The second-order valence-corrected chi connectivity index (χ2v) is 8.32. The van der Waals surface area contributed by atoms with Gasteiger partial charge in [0.25, 0.3) is 0 Å². The molecule has 0 saturated carbocycles. The van der Waals surface area contributed by atoms with E-state index < -0.39 is 10.0 Å². The van der Waals surface area contributed by atoms with Crippen molar-refractivity contribution in [2.75, 3.05) is 38.6 Å². The molecule has 21 heavy (non-hydrogen) atoms. The number of sulfonamides is 1. The second kappa shape index (κ2) is 8.46. The zero-order valence-electron chi connectivity index (χ0n) is 13.2. The SMILES string of the molecule is CCCCS(=O)(=O)N(CC1CCOCC1)C1CCNCC1. The van der Waals surface area contributed by atoms with Crippen LogP contribution in [0.15, 0.2) is 0 Å². The Morgan fingerprint density at radius 3 is 2.43 bits per heavy atom. The van der Waals surface area contributed by atoms with Gasteiger partial charge in [-0.15, -0.1) is 0 Å². The van der Waals surface area contributed by atoms with Gasteiger partial charge in [0.2, 0.25) is 10.0 Å². The first-order valence-electron chi connectivity index (χ1n) is 8.41. The van der Waals surface area contributed by atoms with Crippen molar-refractivity contribution in [2.24, 2.45) is 5.92 Å². The molecule has 124 valence electrons. The van der Waals surface area contributed by atoms with Crippen molar-refractivity contribution in [2.45, 2.75) is 51.5 Å². The van der Waals surface area contributed by atoms with Gasteiger partial charge in [-0.05, 0) is 51.1 Å². The van der Waals surface area contributed by atoms with Crippen molar-refractivity contribution in [1.29, 1.82) is 0 Å². The van der Waals surface area contributed by atoms with E-state index >= 15 is 0 Å². The third-order valence-electron chi connectivity index (χ3n) is 4.61. The summed E-state index contributed by atoms with van der Waals surface area (Å²) in [4.78, 5) is 0. The lowest BCUT2D eigenvalue weighted by Gasteiger charge is -2.36. The molecule has 2 fully saturated rings. The topological polar surface area (TPSA) is 58.6 Å². The third-order valence-corrected chi connectivity index (χ3v) is 6.57. The van der Waals surface area contributed by atoms with Gasteiger partial charge in [0.1, 0.15) is 0 Å². The van der Waals surface area contributed by atoms with Gasteiger partial charge < -0.3 is 10.1 Å². The Kier molecular flexibility index (Phi) is 6.92. The lowest BCUT2D eigenvalue weighted by molar-refractivity contribution is 0.0564. The molecule has 0 unspecified atom stereocenters. The highest BCUT2D eigenvalue weighted by Crippen LogP contribution is 2.23. The molecule has 0 aromatic carbocycles. The molecule has 1 N–H and O–H groups in total. The molecule has 0 aliphatic carbocycles. The Labute approximate surface area is 129 Å². The second-order valence-electron chi connectivity index (χ2n) is 6.28. The van der Waals surface area contributed by atoms with E-state index in [9.17, 15) is 8.42 Å². The van der Waals surface area contributed by atoms with Crippen molar-refractivity contribution in [3.05, 3.63) is 0 Å². The van der Waals surface area contributed by atoms with Gasteiger partial charge in [0.15, 0.2) is 0 Å². The lowest BCUT2D eigenvalue weighted by Crippen LogP contribution is -2.49. The van der Waals surface area contributed by atoms with Gasteiger partial charge in [-0.25, -0.2) is 8.42 Å². The standard InChI is InChI=1S/C15H30N2O3S/c1-2-3-12-21(18,19)17(15-4-8-16-9-5-15)13-14-6-10-20-11-7-14/h14-16H,2-13H2,1H3. The van der Waals surface area contributed by atoms with E-state index in [0.29, 0.717) is 18.2 Å². The van der Waals surface area contributed by atoms with Crippen LogP contribution in [0.25, 0.3) is 0 Å². The number of unbranched alkanes of at least 4 members (excludes halogenated alkanes) is 1. The first kappa shape index (κ1) is 17.2. The maximum Gasteiger partial charge on any atom is 0.214 e. The lowest BCUT2D eigenvalue weighted by atomic mass is 9.99. The summed E-state index contributed by atoms with van der Waals surface area (Å²) < 4.78 is 32.7. The fourth-order valence-corrected chi connectivity index (χ4v) is 5.20. The molecule has 0 atom stereocenters. The van der Waals surface area contributed by atoms with Crippen molar-refractivity contribution >= 4 is 10.0 Å². The van der Waals surface area contributed by atoms with E-state index in [-0.39, 0.29) is 6.04 Å². The van der Waals surface area contributed by atoms with Crippen LogP contribution in [-0.2, 0) is 14.8 Å². The summed E-state index contributed by atoms with van der Waals surface area (Å²) in [7, 11) is -3.12. The zero-order valence-corrected chi connectivity index (χ0v) is 14.0. The number of rotatable bonds is 7. The third kappa shape index (κ3) is 5.20. The van der Waals surface area contributed by atoms with Gasteiger partial charge in [-0.1, -0.05) is 13.3 Å². The summed E-state index contributed by atoms with van der Waals surface area (Å²) in [5.74, 6) is 0.765. The highest BCUT2D eigenvalue weighted by molar-refractivity contribution is 7.89. The first-order valence-corrected chi connectivity index (χ1v) is 10.0. The van der Waals surface area contributed by atoms with Gasteiger partial charge in [0, 0.05) is 25.8 Å². The fraction of sp³-hybridized carbons (Fsp3) is 1.00. The Morgan fingerprint density at radius 2 is 1.81 bits per heavy atom. The summed E-state index contributed by atoms with van der Waals surface area (Å²) in [6, 6.07) is 0.191. The van der Waals surface area contributed by atoms with Crippen LogP contribution < -0.4 is 5.32 Å². The molecule has 0 aromatic rings. The maximum absolute atomic E-state index is 12.7. The minimum Gasteiger partial charge on any atom is -0.381 e. The quantitative estimate of drug-likeness (QED) is 0.774. The van der Waals surface area contributed by atoms with Crippen molar-refractivity contribution in [3.8, 4) is 0 Å². The summed E-state index contributed by atoms with van der Waals surface area (Å²) in [6.45, 7) is 6.15. The number of hydrogen-bond acceptors (Lipinski definition) is 4. The minimum absolute atomic E-state index is 0.191. The Hall–Kier alpha value is -0.170. The van der Waals surface area contributed by atoms with Gasteiger partial charge >= 0.3 is 0 Å². The van der Waals surface area contributed by atoms with E-state index in [1.807, 2.05) is 11.2 Å². The largest absolute Gasteiger partial charge is 0.381 e. The molecule has 2 aliphatic heterocycles. The summed E-state index contributed by atoms with van der Waals surface area (Å²) >= 11 is 0. The van der Waals surface area contributed by atoms with E-state index in [1.54, 1.807) is 0 Å². The summed E-state index contributed by atoms with van der Waals surface area (Å²) in [5.41, 5.74) is 0. The molecule has 0 radical (unpaired) electrons. The van der Waals surface area contributed by atoms with Gasteiger partial charge in [-0.2, -0.15) is 4.31 Å². The average molecular weight is 318 g/mol. The Morgan fingerprint density at radius 1 is 1.14 bits per heavy atom. The average Bonchev–Trinajstić information content (AvgIpc) is 2.52. The molecule has 0 bridgehead atoms. The number of piperidine rings is 1. The normalized spacial score (nSPS) is 22.8. The van der Waals surface area contributed by atoms with Crippen molar-refractivity contribution < 1.29 is 13.2 Å². The van der Waals surface area contributed by atoms with E-state index in [4.69, 9.17) is 4.74 Å². The number of nitrogens with one attached hydrogen (secondary N) is 1. The molecule has 6 heteroatoms.